The number of carbonyl (C=O) groups excluding carboxylic acids is 2. The summed E-state index contributed by atoms with van der Waals surface area (Å²) in [7, 11) is 0. The molecule has 1 aliphatic heterocycles. The average Bonchev–Trinajstić information content (AvgIpc) is 3.18. The highest BCUT2D eigenvalue weighted by Gasteiger charge is 2.40. The molecule has 10 heteroatoms. The molecule has 0 fully saturated rings. The maximum absolute atomic E-state index is 14.5. The van der Waals surface area contributed by atoms with E-state index in [1.807, 2.05) is 0 Å². The van der Waals surface area contributed by atoms with E-state index in [0.29, 0.717) is 16.1 Å². The highest BCUT2D eigenvalue weighted by atomic mass is 35.5. The Morgan fingerprint density at radius 1 is 0.968 bits per heavy atom. The largest absolute Gasteiger partial charge is 0.268 e. The number of rotatable bonds is 2. The molecule has 0 N–H and O–H groups in total. The van der Waals surface area contributed by atoms with E-state index < -0.39 is 17.6 Å². The minimum Gasteiger partial charge on any atom is -0.268 e. The lowest BCUT2D eigenvalue weighted by atomic mass is 10.1. The van der Waals surface area contributed by atoms with Crippen LogP contribution in [0.2, 0.25) is 15.1 Å². The van der Waals surface area contributed by atoms with Crippen molar-refractivity contribution in [1.29, 1.82) is 0 Å². The third-order valence-corrected chi connectivity index (χ3v) is 6.00. The van der Waals surface area contributed by atoms with Crippen LogP contribution in [0.5, 0.6) is 0 Å². The van der Waals surface area contributed by atoms with E-state index >= 15 is 0 Å². The predicted octanol–water partition coefficient (Wildman–Crippen LogP) is 5.63. The number of aromatic nitrogens is 3. The molecular formula is C21H10Cl3FN4O2. The molecule has 2 amide bonds. The molecular weight excluding hydrogens is 466 g/mol. The van der Waals surface area contributed by atoms with Crippen molar-refractivity contribution in [3.63, 3.8) is 0 Å². The van der Waals surface area contributed by atoms with E-state index in [0.717, 1.165) is 11.0 Å². The second-order valence-electron chi connectivity index (χ2n) is 6.88. The first-order valence-electron chi connectivity index (χ1n) is 8.95. The molecule has 6 nitrogen and oxygen atoms in total. The van der Waals surface area contributed by atoms with Crippen LogP contribution in [-0.4, -0.2) is 26.6 Å². The van der Waals surface area contributed by atoms with Gasteiger partial charge in [-0.25, -0.2) is 19.0 Å². The quantitative estimate of drug-likeness (QED) is 0.352. The van der Waals surface area contributed by atoms with Crippen molar-refractivity contribution in [3.8, 4) is 5.69 Å². The fraction of sp³-hybridized carbons (Fsp3) is 0.0476. The molecule has 31 heavy (non-hydrogen) atoms. The fourth-order valence-electron chi connectivity index (χ4n) is 3.64. The van der Waals surface area contributed by atoms with E-state index in [-0.39, 0.29) is 38.2 Å². The first kappa shape index (κ1) is 19.9. The number of anilines is 1. The molecule has 154 valence electrons. The number of aryl methyl sites for hydroxylation is 1. The summed E-state index contributed by atoms with van der Waals surface area (Å²) in [5, 5.41) is 5.48. The molecule has 0 atom stereocenters. The highest BCUT2D eigenvalue weighted by Crippen LogP contribution is 2.36. The highest BCUT2D eigenvalue weighted by molar-refractivity contribution is 6.43. The van der Waals surface area contributed by atoms with Crippen LogP contribution in [-0.2, 0) is 0 Å². The summed E-state index contributed by atoms with van der Waals surface area (Å²) in [6.45, 7) is 1.66. The van der Waals surface area contributed by atoms with Gasteiger partial charge in [0, 0.05) is 11.2 Å². The van der Waals surface area contributed by atoms with Gasteiger partial charge < -0.3 is 0 Å². The summed E-state index contributed by atoms with van der Waals surface area (Å²) in [5.74, 6) is -1.69. The molecule has 0 spiro atoms. The number of imide groups is 1. The molecule has 0 bridgehead atoms. The molecule has 0 unspecified atom stereocenters. The third-order valence-electron chi connectivity index (χ3n) is 5.02. The van der Waals surface area contributed by atoms with Gasteiger partial charge in [0.1, 0.15) is 11.5 Å². The van der Waals surface area contributed by atoms with Crippen LogP contribution in [0, 0.1) is 12.7 Å². The lowest BCUT2D eigenvalue weighted by Crippen LogP contribution is -2.29. The molecule has 2 aromatic carbocycles. The lowest BCUT2D eigenvalue weighted by molar-refractivity contribution is 0.0926. The minimum atomic E-state index is -0.598. The van der Waals surface area contributed by atoms with Crippen LogP contribution in [0.15, 0.2) is 42.6 Å². The number of carbonyl (C=O) groups is 2. The average molecular weight is 476 g/mol. The van der Waals surface area contributed by atoms with Crippen molar-refractivity contribution in [2.75, 3.05) is 4.90 Å². The van der Waals surface area contributed by atoms with Crippen LogP contribution in [0.1, 0.15) is 26.4 Å². The normalized spacial score (nSPS) is 13.4. The summed E-state index contributed by atoms with van der Waals surface area (Å²) in [6, 6.07) is 8.62. The predicted molar refractivity (Wildman–Crippen MR) is 116 cm³/mol. The summed E-state index contributed by atoms with van der Waals surface area (Å²) < 4.78 is 15.8. The number of nitrogens with zero attached hydrogens (tertiary/aromatic N) is 4. The van der Waals surface area contributed by atoms with Gasteiger partial charge in [0.15, 0.2) is 5.65 Å². The van der Waals surface area contributed by atoms with Gasteiger partial charge >= 0.3 is 0 Å². The van der Waals surface area contributed by atoms with Crippen LogP contribution >= 0.6 is 34.8 Å². The number of fused-ring (bicyclic) bond motifs is 3. The van der Waals surface area contributed by atoms with Gasteiger partial charge in [0.2, 0.25) is 0 Å². The van der Waals surface area contributed by atoms with Crippen LogP contribution in [0.3, 0.4) is 0 Å². The molecule has 0 saturated carbocycles. The number of amides is 2. The van der Waals surface area contributed by atoms with Crippen LogP contribution in [0.25, 0.3) is 16.7 Å². The van der Waals surface area contributed by atoms with Crippen molar-refractivity contribution >= 4 is 63.3 Å². The minimum absolute atomic E-state index is 0.119. The molecule has 0 radical (unpaired) electrons. The Morgan fingerprint density at radius 2 is 1.74 bits per heavy atom. The number of benzene rings is 2. The molecule has 1 aliphatic rings. The van der Waals surface area contributed by atoms with E-state index in [1.165, 1.54) is 41.2 Å². The number of pyridine rings is 1. The maximum atomic E-state index is 14.5. The Morgan fingerprint density at radius 3 is 2.45 bits per heavy atom. The van der Waals surface area contributed by atoms with Crippen molar-refractivity contribution < 1.29 is 14.0 Å². The topological polar surface area (TPSA) is 68.1 Å². The van der Waals surface area contributed by atoms with Gasteiger partial charge in [-0.05, 0) is 43.3 Å². The Hall–Kier alpha value is -3.00. The molecule has 0 saturated heterocycles. The van der Waals surface area contributed by atoms with E-state index in [1.54, 1.807) is 6.92 Å². The zero-order valence-electron chi connectivity index (χ0n) is 15.7. The zero-order valence-corrected chi connectivity index (χ0v) is 17.9. The van der Waals surface area contributed by atoms with Crippen molar-refractivity contribution in [3.05, 3.63) is 80.3 Å². The summed E-state index contributed by atoms with van der Waals surface area (Å²) >= 11 is 17.9. The van der Waals surface area contributed by atoms with Gasteiger partial charge in [0.25, 0.3) is 11.8 Å². The van der Waals surface area contributed by atoms with Crippen LogP contribution in [0.4, 0.5) is 10.1 Å². The van der Waals surface area contributed by atoms with Gasteiger partial charge in [-0.15, -0.1) is 0 Å². The second kappa shape index (κ2) is 7.02. The van der Waals surface area contributed by atoms with Gasteiger partial charge in [0.05, 0.1) is 37.9 Å². The first-order valence-corrected chi connectivity index (χ1v) is 10.1. The lowest BCUT2D eigenvalue weighted by Gasteiger charge is -2.14. The molecule has 5 rings (SSSR count). The SMILES string of the molecule is Cc1nn(-c2ccc(Cl)cc2F)c2ncc3c(c12)C(=O)N(c1ccc(Cl)c(Cl)c1)C3=O. The fourth-order valence-corrected chi connectivity index (χ4v) is 4.09. The Balaban J connectivity index is 1.71. The molecule has 2 aromatic heterocycles. The monoisotopic (exact) mass is 474 g/mol. The Labute approximate surface area is 189 Å². The van der Waals surface area contributed by atoms with E-state index in [2.05, 4.69) is 10.1 Å². The summed E-state index contributed by atoms with van der Waals surface area (Å²) in [5.41, 5.74) is 1.35. The molecule has 0 aliphatic carbocycles. The smallest absolute Gasteiger partial charge is 0.267 e. The number of hydrogen-bond acceptors (Lipinski definition) is 4. The van der Waals surface area contributed by atoms with Crippen molar-refractivity contribution in [1.82, 2.24) is 14.8 Å². The third kappa shape index (κ3) is 2.92. The Bertz CT molecular complexity index is 1450. The van der Waals surface area contributed by atoms with Crippen molar-refractivity contribution in [2.24, 2.45) is 0 Å². The first-order chi connectivity index (χ1) is 14.8. The van der Waals surface area contributed by atoms with Gasteiger partial charge in [-0.2, -0.15) is 5.10 Å². The standard InChI is InChI=1S/C21H10Cl3FN4O2/c1-9-17-18-12(20(30)28(21(18)31)11-3-4-13(23)14(24)7-11)8-26-19(17)29(27-9)16-5-2-10(22)6-15(16)25/h2-8H,1H3. The van der Waals surface area contributed by atoms with Crippen molar-refractivity contribution in [2.45, 2.75) is 6.92 Å². The zero-order chi connectivity index (χ0) is 22.0. The summed E-state index contributed by atoms with van der Waals surface area (Å²) in [6.07, 6.45) is 1.29. The van der Waals surface area contributed by atoms with E-state index in [9.17, 15) is 14.0 Å². The maximum Gasteiger partial charge on any atom is 0.267 e. The van der Waals surface area contributed by atoms with Gasteiger partial charge in [-0.3, -0.25) is 9.59 Å². The molecule has 4 aromatic rings. The number of halogens is 4. The Kier molecular flexibility index (Phi) is 4.51. The molecule has 3 heterocycles. The summed E-state index contributed by atoms with van der Waals surface area (Å²) in [4.78, 5) is 31.6. The number of hydrogen-bond donors (Lipinski definition) is 0. The van der Waals surface area contributed by atoms with Crippen LogP contribution < -0.4 is 4.90 Å². The van der Waals surface area contributed by atoms with E-state index in [4.69, 9.17) is 34.8 Å². The second-order valence-corrected chi connectivity index (χ2v) is 8.13. The van der Waals surface area contributed by atoms with Gasteiger partial charge in [-0.1, -0.05) is 34.8 Å².